The summed E-state index contributed by atoms with van der Waals surface area (Å²) in [5.41, 5.74) is -0.137. The van der Waals surface area contributed by atoms with Crippen LogP contribution < -0.4 is 11.0 Å². The van der Waals surface area contributed by atoms with E-state index in [-0.39, 0.29) is 5.69 Å². The van der Waals surface area contributed by atoms with Crippen LogP contribution >= 0.6 is 11.8 Å². The van der Waals surface area contributed by atoms with Crippen LogP contribution in [0.15, 0.2) is 9.95 Å². The highest BCUT2D eigenvalue weighted by molar-refractivity contribution is 7.99. The van der Waals surface area contributed by atoms with E-state index in [0.29, 0.717) is 17.2 Å². The quantitative estimate of drug-likeness (QED) is 0.873. The summed E-state index contributed by atoms with van der Waals surface area (Å²) in [6.45, 7) is 7.91. The highest BCUT2D eigenvalue weighted by atomic mass is 32.2. The van der Waals surface area contributed by atoms with E-state index in [4.69, 9.17) is 0 Å². The molecule has 114 valence electrons. The molecule has 1 saturated carbocycles. The van der Waals surface area contributed by atoms with E-state index in [1.54, 1.807) is 23.4 Å². The molecular formula is C14H26N4OS. The van der Waals surface area contributed by atoms with Gasteiger partial charge in [-0.15, -0.1) is 5.10 Å². The van der Waals surface area contributed by atoms with Gasteiger partial charge in [-0.3, -0.25) is 4.57 Å². The maximum Gasteiger partial charge on any atom is 0.343 e. The molecule has 4 unspecified atom stereocenters. The zero-order valence-electron chi connectivity index (χ0n) is 12.8. The maximum absolute atomic E-state index is 11.5. The molecule has 5 nitrogen and oxygen atoms in total. The fraction of sp³-hybridized carbons (Fsp3) is 0.857. The minimum absolute atomic E-state index is 0.137. The van der Waals surface area contributed by atoms with Gasteiger partial charge in [-0.25, -0.2) is 9.89 Å². The predicted molar refractivity (Wildman–Crippen MR) is 83.1 cm³/mol. The first-order chi connectivity index (χ1) is 9.52. The van der Waals surface area contributed by atoms with Gasteiger partial charge in [-0.2, -0.15) is 0 Å². The fourth-order valence-corrected chi connectivity index (χ4v) is 4.41. The minimum atomic E-state index is -0.137. The molecule has 4 atom stereocenters. The van der Waals surface area contributed by atoms with E-state index < -0.39 is 0 Å². The largest absolute Gasteiger partial charge is 0.343 e. The van der Waals surface area contributed by atoms with E-state index >= 15 is 0 Å². The van der Waals surface area contributed by atoms with E-state index in [0.717, 1.165) is 24.0 Å². The molecule has 0 radical (unpaired) electrons. The topological polar surface area (TPSA) is 62.7 Å². The van der Waals surface area contributed by atoms with Crippen molar-refractivity contribution in [3.63, 3.8) is 0 Å². The van der Waals surface area contributed by atoms with Gasteiger partial charge in [0, 0.05) is 18.3 Å². The number of hydrogen-bond acceptors (Lipinski definition) is 4. The molecule has 0 bridgehead atoms. The summed E-state index contributed by atoms with van der Waals surface area (Å²) in [6.07, 6.45) is 3.61. The lowest BCUT2D eigenvalue weighted by Gasteiger charge is -2.39. The average Bonchev–Trinajstić information content (AvgIpc) is 2.71. The molecular weight excluding hydrogens is 272 g/mol. The Morgan fingerprint density at radius 2 is 2.20 bits per heavy atom. The summed E-state index contributed by atoms with van der Waals surface area (Å²) in [6, 6.07) is 0.505. The summed E-state index contributed by atoms with van der Waals surface area (Å²) >= 11 is 1.74. The van der Waals surface area contributed by atoms with Crippen LogP contribution in [0.4, 0.5) is 0 Å². The summed E-state index contributed by atoms with van der Waals surface area (Å²) < 4.78 is 1.60. The molecule has 0 aliphatic heterocycles. The SMILES string of the molecule is CCCNC1CC(C)CC(C)C1Sc1n[nH]c(=O)n1C. The van der Waals surface area contributed by atoms with E-state index in [1.807, 2.05) is 0 Å². The molecule has 1 aliphatic rings. The van der Waals surface area contributed by atoms with Crippen LogP contribution in [0.1, 0.15) is 40.0 Å². The minimum Gasteiger partial charge on any atom is -0.313 e. The Labute approximate surface area is 124 Å². The molecule has 6 heteroatoms. The maximum atomic E-state index is 11.5. The van der Waals surface area contributed by atoms with E-state index in [9.17, 15) is 4.79 Å². The van der Waals surface area contributed by atoms with Gasteiger partial charge >= 0.3 is 5.69 Å². The molecule has 0 spiro atoms. The highest BCUT2D eigenvalue weighted by Gasteiger charge is 2.35. The summed E-state index contributed by atoms with van der Waals surface area (Å²) in [4.78, 5) is 11.5. The fourth-order valence-electron chi connectivity index (χ4n) is 3.12. The first-order valence-electron chi connectivity index (χ1n) is 7.54. The average molecular weight is 298 g/mol. The summed E-state index contributed by atoms with van der Waals surface area (Å²) in [7, 11) is 1.78. The molecule has 1 fully saturated rings. The molecule has 1 aromatic heterocycles. The Hall–Kier alpha value is -0.750. The third-order valence-corrected chi connectivity index (χ3v) is 5.77. The van der Waals surface area contributed by atoms with Crippen LogP contribution in [-0.2, 0) is 7.05 Å². The third kappa shape index (κ3) is 3.47. The highest BCUT2D eigenvalue weighted by Crippen LogP contribution is 2.38. The van der Waals surface area contributed by atoms with Crippen molar-refractivity contribution in [2.24, 2.45) is 18.9 Å². The van der Waals surface area contributed by atoms with Gasteiger partial charge in [0.25, 0.3) is 0 Å². The Bertz CT molecular complexity index is 484. The molecule has 1 heterocycles. The number of aromatic nitrogens is 3. The second kappa shape index (κ2) is 6.80. The number of hydrogen-bond donors (Lipinski definition) is 2. The summed E-state index contributed by atoms with van der Waals surface area (Å²) in [5, 5.41) is 11.6. The molecule has 0 saturated heterocycles. The Kier molecular flexibility index (Phi) is 5.32. The van der Waals surface area contributed by atoms with Crippen LogP contribution in [0.5, 0.6) is 0 Å². The van der Waals surface area contributed by atoms with Crippen molar-refractivity contribution in [3.05, 3.63) is 10.5 Å². The lowest BCUT2D eigenvalue weighted by molar-refractivity contribution is 0.249. The molecule has 0 amide bonds. The lowest BCUT2D eigenvalue weighted by Crippen LogP contribution is -2.46. The zero-order chi connectivity index (χ0) is 14.7. The molecule has 20 heavy (non-hydrogen) atoms. The van der Waals surface area contributed by atoms with Gasteiger partial charge in [0.15, 0.2) is 5.16 Å². The van der Waals surface area contributed by atoms with Crippen LogP contribution in [-0.4, -0.2) is 32.6 Å². The van der Waals surface area contributed by atoms with Crippen LogP contribution in [0.2, 0.25) is 0 Å². The van der Waals surface area contributed by atoms with Crippen molar-refractivity contribution in [2.75, 3.05) is 6.54 Å². The smallest absolute Gasteiger partial charge is 0.313 e. The number of thioether (sulfide) groups is 1. The second-order valence-electron chi connectivity index (χ2n) is 6.07. The van der Waals surface area contributed by atoms with Crippen molar-refractivity contribution in [3.8, 4) is 0 Å². The van der Waals surface area contributed by atoms with Gasteiger partial charge in [-0.05, 0) is 37.6 Å². The van der Waals surface area contributed by atoms with Crippen LogP contribution in [0.3, 0.4) is 0 Å². The van der Waals surface area contributed by atoms with Crippen LogP contribution in [0.25, 0.3) is 0 Å². The van der Waals surface area contributed by atoms with Crippen molar-refractivity contribution >= 4 is 11.8 Å². The van der Waals surface area contributed by atoms with Crippen molar-refractivity contribution in [2.45, 2.75) is 56.5 Å². The molecule has 2 rings (SSSR count). The molecule has 1 aliphatic carbocycles. The first-order valence-corrected chi connectivity index (χ1v) is 8.42. The lowest BCUT2D eigenvalue weighted by atomic mass is 9.80. The Morgan fingerprint density at radius 3 is 2.80 bits per heavy atom. The monoisotopic (exact) mass is 298 g/mol. The molecule has 2 N–H and O–H groups in total. The normalized spacial score (nSPS) is 30.6. The zero-order valence-corrected chi connectivity index (χ0v) is 13.7. The van der Waals surface area contributed by atoms with Gasteiger partial charge in [0.2, 0.25) is 0 Å². The van der Waals surface area contributed by atoms with E-state index in [2.05, 4.69) is 36.3 Å². The number of rotatable bonds is 5. The van der Waals surface area contributed by atoms with Crippen molar-refractivity contribution in [1.29, 1.82) is 0 Å². The second-order valence-corrected chi connectivity index (χ2v) is 7.21. The first kappa shape index (κ1) is 15.6. The summed E-state index contributed by atoms with van der Waals surface area (Å²) in [5.74, 6) is 1.39. The number of nitrogens with one attached hydrogen (secondary N) is 2. The Balaban J connectivity index is 2.12. The predicted octanol–water partition coefficient (Wildman–Crippen LogP) is 2.00. The number of H-pyrrole nitrogens is 1. The third-order valence-electron chi connectivity index (χ3n) is 4.12. The van der Waals surface area contributed by atoms with Gasteiger partial charge in [0.1, 0.15) is 0 Å². The Morgan fingerprint density at radius 1 is 1.45 bits per heavy atom. The van der Waals surface area contributed by atoms with Gasteiger partial charge in [0.05, 0.1) is 0 Å². The number of nitrogens with zero attached hydrogens (tertiary/aromatic N) is 2. The van der Waals surface area contributed by atoms with E-state index in [1.165, 1.54) is 12.8 Å². The standard InChI is InChI=1S/C14H26N4OS/c1-5-6-15-11-8-9(2)7-10(3)12(11)20-14-17-16-13(19)18(14)4/h9-12,15H,5-8H2,1-4H3,(H,16,19). The van der Waals surface area contributed by atoms with Crippen molar-refractivity contribution < 1.29 is 0 Å². The molecule has 0 aromatic carbocycles. The van der Waals surface area contributed by atoms with Gasteiger partial charge < -0.3 is 5.32 Å². The number of aromatic amines is 1. The van der Waals surface area contributed by atoms with Crippen LogP contribution in [0, 0.1) is 11.8 Å². The van der Waals surface area contributed by atoms with Gasteiger partial charge in [-0.1, -0.05) is 32.5 Å². The molecule has 1 aromatic rings. The van der Waals surface area contributed by atoms with Crippen molar-refractivity contribution in [1.82, 2.24) is 20.1 Å².